The molecule has 9 heteroatoms. The Hall–Kier alpha value is -2.70. The van der Waals surface area contributed by atoms with E-state index in [2.05, 4.69) is 5.09 Å². The van der Waals surface area contributed by atoms with Crippen LogP contribution in [0.3, 0.4) is 0 Å². The number of benzene rings is 2. The largest absolute Gasteiger partial charge is 0.461 e. The standard InChI is InChI=1S/C22H27N2O6P/c1-17(22(25)28-19-9-5-2-3-6-10-19)23-31(29-20-11-7-4-8-12-20)30-21-15-13-18(14-16-21)24(26)27/h4,7-8,11-17,19,23H,2-3,5-6,9-10H2,1H3/t17-,31?/m0/s1. The van der Waals surface area contributed by atoms with Gasteiger partial charge in [-0.1, -0.05) is 31.0 Å². The number of esters is 1. The van der Waals surface area contributed by atoms with Crippen LogP contribution >= 0.6 is 8.53 Å². The first kappa shape index (κ1) is 23.0. The molecule has 166 valence electrons. The molecule has 0 aromatic heterocycles. The Morgan fingerprint density at radius 1 is 1.00 bits per heavy atom. The van der Waals surface area contributed by atoms with Crippen molar-refractivity contribution in [3.8, 4) is 11.5 Å². The average molecular weight is 446 g/mol. The zero-order valence-electron chi connectivity index (χ0n) is 17.4. The van der Waals surface area contributed by atoms with Crippen molar-refractivity contribution in [1.82, 2.24) is 5.09 Å². The number of hydrogen-bond donors (Lipinski definition) is 1. The van der Waals surface area contributed by atoms with Gasteiger partial charge >= 0.3 is 14.5 Å². The first-order chi connectivity index (χ1) is 15.0. The first-order valence-electron chi connectivity index (χ1n) is 10.4. The minimum absolute atomic E-state index is 0.0334. The fraction of sp³-hybridized carbons (Fsp3) is 0.409. The van der Waals surface area contributed by atoms with Crippen molar-refractivity contribution in [2.45, 2.75) is 57.6 Å². The van der Waals surface area contributed by atoms with Gasteiger partial charge in [0.1, 0.15) is 23.6 Å². The first-order valence-corrected chi connectivity index (χ1v) is 11.6. The van der Waals surface area contributed by atoms with Crippen LogP contribution < -0.4 is 14.1 Å². The molecule has 0 heterocycles. The summed E-state index contributed by atoms with van der Waals surface area (Å²) in [5, 5.41) is 13.9. The molecule has 1 N–H and O–H groups in total. The van der Waals surface area contributed by atoms with E-state index in [0.717, 1.165) is 25.7 Å². The molecule has 0 amide bonds. The highest BCUT2D eigenvalue weighted by Gasteiger charge is 2.26. The topological polar surface area (TPSA) is 99.9 Å². The predicted octanol–water partition coefficient (Wildman–Crippen LogP) is 5.52. The molecule has 1 aliphatic carbocycles. The van der Waals surface area contributed by atoms with Gasteiger partial charge in [0, 0.05) is 12.1 Å². The van der Waals surface area contributed by atoms with E-state index in [1.165, 1.54) is 37.1 Å². The van der Waals surface area contributed by atoms with Crippen LogP contribution in [0.15, 0.2) is 54.6 Å². The average Bonchev–Trinajstić information content (AvgIpc) is 3.03. The van der Waals surface area contributed by atoms with Crippen LogP contribution in [0.25, 0.3) is 0 Å². The second kappa shape index (κ2) is 11.6. The number of para-hydroxylation sites is 1. The molecule has 2 aromatic rings. The molecule has 2 aromatic carbocycles. The number of nitro groups is 1. The zero-order valence-corrected chi connectivity index (χ0v) is 18.3. The SMILES string of the molecule is C[C@H](NP(Oc1ccccc1)Oc1ccc([N+](=O)[O-])cc1)C(=O)OC1CCCCCC1. The van der Waals surface area contributed by atoms with Gasteiger partial charge in [-0.25, -0.2) is 5.09 Å². The minimum atomic E-state index is -1.76. The Morgan fingerprint density at radius 3 is 2.16 bits per heavy atom. The summed E-state index contributed by atoms with van der Waals surface area (Å²) >= 11 is 0. The van der Waals surface area contributed by atoms with Gasteiger partial charge in [-0.05, 0) is 56.9 Å². The van der Waals surface area contributed by atoms with E-state index in [1.807, 2.05) is 18.2 Å². The lowest BCUT2D eigenvalue weighted by molar-refractivity contribution is -0.384. The number of non-ortho nitro benzene ring substituents is 1. The van der Waals surface area contributed by atoms with Crippen molar-refractivity contribution in [2.75, 3.05) is 0 Å². The van der Waals surface area contributed by atoms with Gasteiger partial charge in [-0.3, -0.25) is 14.9 Å². The van der Waals surface area contributed by atoms with Crippen LogP contribution in [0.4, 0.5) is 5.69 Å². The molecule has 0 spiro atoms. The fourth-order valence-electron chi connectivity index (χ4n) is 3.21. The molecule has 0 bridgehead atoms. The van der Waals surface area contributed by atoms with E-state index < -0.39 is 19.5 Å². The lowest BCUT2D eigenvalue weighted by Crippen LogP contribution is -2.36. The lowest BCUT2D eigenvalue weighted by Gasteiger charge is -2.23. The Kier molecular flexibility index (Phi) is 8.62. The molecule has 1 fully saturated rings. The zero-order chi connectivity index (χ0) is 22.1. The molecule has 0 radical (unpaired) electrons. The maximum absolute atomic E-state index is 12.6. The van der Waals surface area contributed by atoms with Crippen LogP contribution in [0.1, 0.15) is 45.4 Å². The van der Waals surface area contributed by atoms with Crippen molar-refractivity contribution < 1.29 is 23.5 Å². The number of nitrogens with one attached hydrogen (secondary N) is 1. The lowest BCUT2D eigenvalue weighted by atomic mass is 10.1. The molecular formula is C22H27N2O6P. The van der Waals surface area contributed by atoms with Crippen molar-refractivity contribution in [3.05, 3.63) is 64.7 Å². The maximum atomic E-state index is 12.6. The second-order valence-corrected chi connectivity index (χ2v) is 8.54. The number of hydrogen-bond acceptors (Lipinski definition) is 7. The number of rotatable bonds is 9. The molecule has 2 atom stereocenters. The Morgan fingerprint density at radius 2 is 1.58 bits per heavy atom. The smallest absolute Gasteiger partial charge is 0.382 e. The number of nitro benzene ring substituents is 1. The third-order valence-corrected chi connectivity index (χ3v) is 6.26. The van der Waals surface area contributed by atoms with Crippen molar-refractivity contribution in [3.63, 3.8) is 0 Å². The van der Waals surface area contributed by atoms with Crippen LogP contribution in [0, 0.1) is 10.1 Å². The summed E-state index contributed by atoms with van der Waals surface area (Å²) in [5.74, 6) is 0.625. The van der Waals surface area contributed by atoms with Gasteiger partial charge in [0.25, 0.3) is 5.69 Å². The third kappa shape index (κ3) is 7.49. The minimum Gasteiger partial charge on any atom is -0.461 e. The molecule has 0 aliphatic heterocycles. The van der Waals surface area contributed by atoms with Crippen LogP contribution in [0.2, 0.25) is 0 Å². The van der Waals surface area contributed by atoms with Gasteiger partial charge in [0.2, 0.25) is 0 Å². The van der Waals surface area contributed by atoms with E-state index in [1.54, 1.807) is 19.1 Å². The summed E-state index contributed by atoms with van der Waals surface area (Å²) in [6, 6.07) is 14.2. The van der Waals surface area contributed by atoms with Crippen LogP contribution in [-0.2, 0) is 9.53 Å². The molecule has 3 rings (SSSR count). The quantitative estimate of drug-likeness (QED) is 0.178. The molecule has 8 nitrogen and oxygen atoms in total. The number of nitrogens with zero attached hydrogens (tertiary/aromatic N) is 1. The molecule has 1 saturated carbocycles. The highest BCUT2D eigenvalue weighted by molar-refractivity contribution is 7.45. The van der Waals surface area contributed by atoms with E-state index >= 15 is 0 Å². The summed E-state index contributed by atoms with van der Waals surface area (Å²) in [6.07, 6.45) is 6.26. The highest BCUT2D eigenvalue weighted by Crippen LogP contribution is 2.38. The van der Waals surface area contributed by atoms with Gasteiger partial charge in [-0.15, -0.1) is 0 Å². The summed E-state index contributed by atoms with van der Waals surface area (Å²) in [6.45, 7) is 1.71. The normalized spacial score (nSPS) is 16.5. The van der Waals surface area contributed by atoms with Crippen molar-refractivity contribution in [1.29, 1.82) is 0 Å². The molecule has 1 aliphatic rings. The van der Waals surface area contributed by atoms with Gasteiger partial charge < -0.3 is 13.8 Å². The van der Waals surface area contributed by atoms with Gasteiger partial charge in [-0.2, -0.15) is 0 Å². The third-order valence-electron chi connectivity index (χ3n) is 4.91. The summed E-state index contributed by atoms with van der Waals surface area (Å²) < 4.78 is 17.5. The van der Waals surface area contributed by atoms with Crippen molar-refractivity contribution in [2.24, 2.45) is 0 Å². The second-order valence-electron chi connectivity index (χ2n) is 7.40. The van der Waals surface area contributed by atoms with E-state index in [9.17, 15) is 14.9 Å². The molecule has 31 heavy (non-hydrogen) atoms. The Balaban J connectivity index is 1.64. The van der Waals surface area contributed by atoms with Gasteiger partial charge in [0.15, 0.2) is 0 Å². The molecule has 1 unspecified atom stereocenters. The maximum Gasteiger partial charge on any atom is 0.382 e. The highest BCUT2D eigenvalue weighted by atomic mass is 31.2. The van der Waals surface area contributed by atoms with Crippen LogP contribution in [0.5, 0.6) is 11.5 Å². The predicted molar refractivity (Wildman–Crippen MR) is 118 cm³/mol. The number of ether oxygens (including phenoxy) is 1. The Bertz CT molecular complexity index is 841. The van der Waals surface area contributed by atoms with E-state index in [-0.39, 0.29) is 17.8 Å². The molecular weight excluding hydrogens is 419 g/mol. The molecule has 0 saturated heterocycles. The Labute approximate surface area is 183 Å². The van der Waals surface area contributed by atoms with Crippen LogP contribution in [-0.4, -0.2) is 23.0 Å². The van der Waals surface area contributed by atoms with Crippen molar-refractivity contribution >= 4 is 20.2 Å². The number of carbonyl (C=O) groups is 1. The number of carbonyl (C=O) groups excluding carboxylic acids is 1. The van der Waals surface area contributed by atoms with Gasteiger partial charge in [0.05, 0.1) is 4.92 Å². The summed E-state index contributed by atoms with van der Waals surface area (Å²) in [4.78, 5) is 23.0. The summed E-state index contributed by atoms with van der Waals surface area (Å²) in [7, 11) is -1.76. The van der Waals surface area contributed by atoms with E-state index in [0.29, 0.717) is 11.5 Å². The van der Waals surface area contributed by atoms with E-state index in [4.69, 9.17) is 13.8 Å². The monoisotopic (exact) mass is 446 g/mol. The fourth-order valence-corrected chi connectivity index (χ4v) is 4.40. The summed E-state index contributed by atoms with van der Waals surface area (Å²) in [5.41, 5.74) is -0.0334.